The lowest BCUT2D eigenvalue weighted by atomic mass is 9.69. The fourth-order valence-corrected chi connectivity index (χ4v) is 4.53. The molecule has 0 unspecified atom stereocenters. The second-order valence-corrected chi connectivity index (χ2v) is 7.07. The molecule has 2 atom stereocenters. The van der Waals surface area contributed by atoms with Crippen LogP contribution in [0.15, 0.2) is 54.7 Å². The van der Waals surface area contributed by atoms with E-state index < -0.39 is 0 Å². The molecule has 0 N–H and O–H groups in total. The minimum atomic E-state index is 0.344. The largest absolute Gasteiger partial charge is 0.301 e. The molecule has 0 amide bonds. The molecule has 0 aliphatic carbocycles. The van der Waals surface area contributed by atoms with Crippen LogP contribution in [0.3, 0.4) is 0 Å². The van der Waals surface area contributed by atoms with Crippen LogP contribution in [-0.4, -0.2) is 47.5 Å². The van der Waals surface area contributed by atoms with Crippen LogP contribution in [0.1, 0.15) is 24.1 Å². The summed E-state index contributed by atoms with van der Waals surface area (Å²) in [6, 6.07) is 18.0. The Morgan fingerprint density at radius 3 is 2.61 bits per heavy atom. The molecule has 0 radical (unpaired) electrons. The van der Waals surface area contributed by atoms with Gasteiger partial charge in [-0.15, -0.1) is 0 Å². The van der Waals surface area contributed by atoms with E-state index in [4.69, 9.17) is 0 Å². The minimum absolute atomic E-state index is 0.344. The number of fused-ring (bicyclic) bond motifs is 1. The van der Waals surface area contributed by atoms with E-state index in [-0.39, 0.29) is 0 Å². The fourth-order valence-electron chi connectivity index (χ4n) is 4.53. The van der Waals surface area contributed by atoms with Gasteiger partial charge in [-0.05, 0) is 50.7 Å². The zero-order valence-electron chi connectivity index (χ0n) is 13.9. The molecule has 1 aromatic heterocycles. The highest BCUT2D eigenvalue weighted by Crippen LogP contribution is 2.45. The summed E-state index contributed by atoms with van der Waals surface area (Å²) in [7, 11) is 2.29. The van der Waals surface area contributed by atoms with Gasteiger partial charge in [0.1, 0.15) is 0 Å². The van der Waals surface area contributed by atoms with Crippen LogP contribution in [-0.2, 0) is 12.0 Å². The number of hydrogen-bond acceptors (Lipinski definition) is 3. The molecule has 120 valence electrons. The van der Waals surface area contributed by atoms with Crippen LogP contribution in [0, 0.1) is 0 Å². The van der Waals surface area contributed by atoms with Gasteiger partial charge in [0.2, 0.25) is 0 Å². The van der Waals surface area contributed by atoms with Crippen molar-refractivity contribution < 1.29 is 0 Å². The third-order valence-electron chi connectivity index (χ3n) is 5.85. The highest BCUT2D eigenvalue weighted by atomic mass is 15.3. The number of benzene rings is 1. The fraction of sp³-hybridized carbons (Fsp3) is 0.450. The molecule has 2 saturated heterocycles. The molecule has 2 aliphatic rings. The number of likely N-dealkylation sites (N-methyl/N-ethyl adjacent to an activating group) is 1. The summed E-state index contributed by atoms with van der Waals surface area (Å²) in [6.07, 6.45) is 4.43. The zero-order chi connectivity index (χ0) is 15.7. The van der Waals surface area contributed by atoms with Gasteiger partial charge < -0.3 is 4.90 Å². The molecule has 3 nitrogen and oxygen atoms in total. The smallest absolute Gasteiger partial charge is 0.0543 e. The molecule has 1 aromatic carbocycles. The van der Waals surface area contributed by atoms with E-state index >= 15 is 0 Å². The molecule has 2 aliphatic heterocycles. The summed E-state index contributed by atoms with van der Waals surface area (Å²) >= 11 is 0. The number of nitrogens with zero attached hydrogens (tertiary/aromatic N) is 3. The Bertz CT molecular complexity index is 642. The number of rotatable bonds is 3. The lowest BCUT2D eigenvalue weighted by Crippen LogP contribution is -2.54. The lowest BCUT2D eigenvalue weighted by Gasteiger charge is -2.46. The molecule has 0 spiro atoms. The quantitative estimate of drug-likeness (QED) is 0.869. The van der Waals surface area contributed by atoms with Gasteiger partial charge in [0.05, 0.1) is 5.69 Å². The van der Waals surface area contributed by atoms with E-state index in [0.29, 0.717) is 11.5 Å². The molecule has 3 heteroatoms. The van der Waals surface area contributed by atoms with E-state index in [2.05, 4.69) is 64.3 Å². The second kappa shape index (κ2) is 6.06. The maximum Gasteiger partial charge on any atom is 0.0543 e. The van der Waals surface area contributed by atoms with Crippen molar-refractivity contribution in [2.45, 2.75) is 30.8 Å². The topological polar surface area (TPSA) is 19.4 Å². The van der Waals surface area contributed by atoms with Gasteiger partial charge in [-0.2, -0.15) is 0 Å². The SMILES string of the molecule is CN1CC[C@]2(c3ccccc3)CCN(Cc3ccccn3)C[C@@H]12. The van der Waals surface area contributed by atoms with Gasteiger partial charge in [-0.3, -0.25) is 9.88 Å². The Kier molecular flexibility index (Phi) is 3.92. The molecule has 3 heterocycles. The third kappa shape index (κ3) is 2.68. The lowest BCUT2D eigenvalue weighted by molar-refractivity contribution is 0.0908. The van der Waals surface area contributed by atoms with E-state index in [1.165, 1.54) is 30.6 Å². The number of hydrogen-bond donors (Lipinski definition) is 0. The summed E-state index contributed by atoms with van der Waals surface area (Å²) in [5.74, 6) is 0. The number of likely N-dealkylation sites (tertiary alicyclic amines) is 2. The predicted molar refractivity (Wildman–Crippen MR) is 93.3 cm³/mol. The van der Waals surface area contributed by atoms with Crippen molar-refractivity contribution in [2.24, 2.45) is 0 Å². The summed E-state index contributed by atoms with van der Waals surface area (Å²) in [6.45, 7) is 4.48. The first kappa shape index (κ1) is 14.9. The minimum Gasteiger partial charge on any atom is -0.301 e. The van der Waals surface area contributed by atoms with Crippen molar-refractivity contribution in [1.82, 2.24) is 14.8 Å². The molecular formula is C20H25N3. The molecular weight excluding hydrogens is 282 g/mol. The maximum atomic E-state index is 4.50. The first-order valence-corrected chi connectivity index (χ1v) is 8.66. The van der Waals surface area contributed by atoms with E-state index in [1.807, 2.05) is 12.3 Å². The number of aromatic nitrogens is 1. The molecule has 4 rings (SSSR count). The van der Waals surface area contributed by atoms with Gasteiger partial charge >= 0.3 is 0 Å². The van der Waals surface area contributed by atoms with E-state index in [1.54, 1.807) is 0 Å². The number of piperidine rings is 1. The summed E-state index contributed by atoms with van der Waals surface area (Å²) in [4.78, 5) is 9.64. The van der Waals surface area contributed by atoms with Crippen LogP contribution in [0.5, 0.6) is 0 Å². The molecule has 23 heavy (non-hydrogen) atoms. The highest BCUT2D eigenvalue weighted by Gasteiger charge is 2.49. The Hall–Kier alpha value is -1.71. The monoisotopic (exact) mass is 307 g/mol. The molecule has 0 bridgehead atoms. The van der Waals surface area contributed by atoms with Crippen LogP contribution in [0.4, 0.5) is 0 Å². The normalized spacial score (nSPS) is 28.7. The first-order chi connectivity index (χ1) is 11.3. The van der Waals surface area contributed by atoms with Crippen LogP contribution < -0.4 is 0 Å². The van der Waals surface area contributed by atoms with Crippen molar-refractivity contribution in [3.05, 3.63) is 66.0 Å². The van der Waals surface area contributed by atoms with Crippen LogP contribution >= 0.6 is 0 Å². The Labute approximate surface area is 139 Å². The van der Waals surface area contributed by atoms with Crippen molar-refractivity contribution in [3.63, 3.8) is 0 Å². The highest BCUT2D eigenvalue weighted by molar-refractivity contribution is 5.31. The van der Waals surface area contributed by atoms with Crippen molar-refractivity contribution in [1.29, 1.82) is 0 Å². The van der Waals surface area contributed by atoms with E-state index in [0.717, 1.165) is 19.6 Å². The number of pyridine rings is 1. The summed E-state index contributed by atoms with van der Waals surface area (Å²) in [5, 5.41) is 0. The first-order valence-electron chi connectivity index (χ1n) is 8.66. The Morgan fingerprint density at radius 2 is 1.83 bits per heavy atom. The van der Waals surface area contributed by atoms with Gasteiger partial charge in [-0.25, -0.2) is 0 Å². The second-order valence-electron chi connectivity index (χ2n) is 7.07. The summed E-state index contributed by atoms with van der Waals surface area (Å²) < 4.78 is 0. The Morgan fingerprint density at radius 1 is 1.04 bits per heavy atom. The third-order valence-corrected chi connectivity index (χ3v) is 5.85. The Balaban J connectivity index is 1.56. The van der Waals surface area contributed by atoms with Crippen LogP contribution in [0.2, 0.25) is 0 Å². The van der Waals surface area contributed by atoms with Crippen molar-refractivity contribution >= 4 is 0 Å². The predicted octanol–water partition coefficient (Wildman–Crippen LogP) is 2.93. The zero-order valence-corrected chi connectivity index (χ0v) is 13.9. The van der Waals surface area contributed by atoms with Gasteiger partial charge in [0, 0.05) is 30.7 Å². The maximum absolute atomic E-state index is 4.50. The summed E-state index contributed by atoms with van der Waals surface area (Å²) in [5.41, 5.74) is 3.06. The van der Waals surface area contributed by atoms with E-state index in [9.17, 15) is 0 Å². The molecule has 2 fully saturated rings. The average Bonchev–Trinajstić information content (AvgIpc) is 2.95. The van der Waals surface area contributed by atoms with Gasteiger partial charge in [-0.1, -0.05) is 36.4 Å². The molecule has 0 saturated carbocycles. The van der Waals surface area contributed by atoms with Crippen molar-refractivity contribution in [3.8, 4) is 0 Å². The van der Waals surface area contributed by atoms with Crippen LogP contribution in [0.25, 0.3) is 0 Å². The molecule has 2 aromatic rings. The standard InChI is InChI=1S/C20H25N3/c1-22-13-10-20(17-7-3-2-4-8-17)11-14-23(16-19(20)22)15-18-9-5-6-12-21-18/h2-9,12,19H,10-11,13-16H2,1H3/t19-,20-/m1/s1. The van der Waals surface area contributed by atoms with Crippen molar-refractivity contribution in [2.75, 3.05) is 26.7 Å². The average molecular weight is 307 g/mol. The van der Waals surface area contributed by atoms with Gasteiger partial charge in [0.15, 0.2) is 0 Å². The van der Waals surface area contributed by atoms with Gasteiger partial charge in [0.25, 0.3) is 0 Å².